The number of ether oxygens (including phenoxy) is 2. The normalized spacial score (nSPS) is 19.2. The summed E-state index contributed by atoms with van der Waals surface area (Å²) in [5.41, 5.74) is 8.54. The molecule has 0 aliphatic carbocycles. The lowest BCUT2D eigenvalue weighted by atomic mass is 9.78. The summed E-state index contributed by atoms with van der Waals surface area (Å²) in [5.74, 6) is 0.547. The molecule has 9 nitrogen and oxygen atoms in total. The quantitative estimate of drug-likeness (QED) is 0.200. The Balaban J connectivity index is 1.03. The van der Waals surface area contributed by atoms with Crippen molar-refractivity contribution in [3.8, 4) is 45.4 Å². The average Bonchev–Trinajstić information content (AvgIpc) is 3.68. The molecule has 2 aromatic carbocycles. The largest absolute Gasteiger partial charge is 0.481 e. The second kappa shape index (κ2) is 12.9. The van der Waals surface area contributed by atoms with Crippen molar-refractivity contribution in [3.63, 3.8) is 0 Å². The lowest BCUT2D eigenvalue weighted by molar-refractivity contribution is 0.0101. The molecule has 4 saturated heterocycles. The molecule has 0 atom stereocenters. The topological polar surface area (TPSA) is 87.7 Å². The summed E-state index contributed by atoms with van der Waals surface area (Å²) in [6.45, 7) is 17.5. The Bertz CT molecular complexity index is 2060. The number of nitrogens with one attached hydrogen (secondary N) is 2. The Hall–Kier alpha value is -4.51. The highest BCUT2D eigenvalue weighted by Gasteiger charge is 2.47. The predicted molar refractivity (Wildman–Crippen MR) is 198 cm³/mol. The molecular weight excluding hydrogens is 665 g/mol. The highest BCUT2D eigenvalue weighted by Crippen LogP contribution is 2.43. The second-order valence-corrected chi connectivity index (χ2v) is 15.3. The average molecular weight is 708 g/mol. The minimum Gasteiger partial charge on any atom is -0.481 e. The van der Waals surface area contributed by atoms with Crippen LogP contribution in [0.1, 0.15) is 29.7 Å². The first-order chi connectivity index (χ1) is 24.6. The summed E-state index contributed by atoms with van der Waals surface area (Å²) in [6, 6.07) is 12.8. The Morgan fingerprint density at radius 2 is 1.37 bits per heavy atom. The maximum absolute atomic E-state index is 16.5. The minimum atomic E-state index is -0.413. The van der Waals surface area contributed by atoms with Gasteiger partial charge in [-0.3, -0.25) is 14.8 Å². The number of hydrogen-bond acceptors (Lipinski definition) is 9. The van der Waals surface area contributed by atoms with Crippen molar-refractivity contribution < 1.29 is 13.9 Å². The van der Waals surface area contributed by atoms with Gasteiger partial charge in [-0.05, 0) is 37.5 Å². The first-order valence-corrected chi connectivity index (χ1v) is 17.8. The van der Waals surface area contributed by atoms with E-state index in [1.807, 2.05) is 37.3 Å². The van der Waals surface area contributed by atoms with E-state index < -0.39 is 5.82 Å². The van der Waals surface area contributed by atoms with Crippen molar-refractivity contribution in [2.24, 2.45) is 10.8 Å². The van der Waals surface area contributed by atoms with Crippen LogP contribution in [0.4, 0.5) is 4.39 Å². The zero-order valence-electron chi connectivity index (χ0n) is 29.4. The fourth-order valence-electron chi connectivity index (χ4n) is 8.53. The number of nitrogens with zero attached hydrogens (tertiary/aromatic N) is 5. The summed E-state index contributed by atoms with van der Waals surface area (Å²) in [4.78, 5) is 19.1. The highest BCUT2D eigenvalue weighted by atomic mass is 35.5. The molecule has 0 unspecified atom stereocenters. The third-order valence-electron chi connectivity index (χ3n) is 10.9. The van der Waals surface area contributed by atoms with Crippen molar-refractivity contribution in [3.05, 3.63) is 101 Å². The molecule has 0 saturated carbocycles. The Labute approximate surface area is 303 Å². The van der Waals surface area contributed by atoms with Crippen molar-refractivity contribution in [1.82, 2.24) is 35.4 Å². The van der Waals surface area contributed by atoms with Gasteiger partial charge in [-0.2, -0.15) is 0 Å². The number of allylic oxidation sites excluding steroid dienone is 2. The van der Waals surface area contributed by atoms with Gasteiger partial charge in [0.2, 0.25) is 11.8 Å². The Kier molecular flexibility index (Phi) is 8.52. The van der Waals surface area contributed by atoms with E-state index in [0.717, 1.165) is 86.9 Å². The molecule has 4 aromatic rings. The van der Waals surface area contributed by atoms with E-state index in [-0.39, 0.29) is 10.8 Å². The van der Waals surface area contributed by atoms with E-state index in [0.29, 0.717) is 57.0 Å². The van der Waals surface area contributed by atoms with Gasteiger partial charge in [0, 0.05) is 102 Å². The summed E-state index contributed by atoms with van der Waals surface area (Å²) in [7, 11) is 3.22. The maximum atomic E-state index is 16.5. The summed E-state index contributed by atoms with van der Waals surface area (Å²) < 4.78 is 28.0. The summed E-state index contributed by atoms with van der Waals surface area (Å²) in [6.07, 6.45) is 3.74. The second-order valence-electron chi connectivity index (χ2n) is 14.9. The molecule has 11 heteroatoms. The van der Waals surface area contributed by atoms with Gasteiger partial charge in [-0.1, -0.05) is 55.1 Å². The van der Waals surface area contributed by atoms with Crippen LogP contribution in [0.5, 0.6) is 11.8 Å². The number of rotatable bonds is 9. The number of aryl methyl sites for hydroxylation is 1. The van der Waals surface area contributed by atoms with Gasteiger partial charge in [-0.25, -0.2) is 14.4 Å². The molecule has 0 radical (unpaired) electrons. The van der Waals surface area contributed by atoms with Gasteiger partial charge >= 0.3 is 0 Å². The third kappa shape index (κ3) is 6.13. The molecule has 0 bridgehead atoms. The number of methoxy groups -OCH3 is 2. The molecule has 4 fully saturated rings. The molecule has 4 aliphatic rings. The lowest BCUT2D eigenvalue weighted by Gasteiger charge is -2.47. The van der Waals surface area contributed by atoms with Crippen molar-refractivity contribution in [1.29, 1.82) is 0 Å². The van der Waals surface area contributed by atoms with Crippen LogP contribution in [0, 0.1) is 23.6 Å². The Morgan fingerprint density at radius 3 is 1.98 bits per heavy atom. The van der Waals surface area contributed by atoms with Crippen LogP contribution < -0.4 is 20.1 Å². The predicted octanol–water partition coefficient (Wildman–Crippen LogP) is 6.61. The van der Waals surface area contributed by atoms with Crippen LogP contribution in [-0.2, 0) is 13.1 Å². The molecule has 2 aromatic heterocycles. The smallest absolute Gasteiger partial charge is 0.237 e. The molecule has 2 N–H and O–H groups in total. The SMILES string of the molecule is C=C1CC2(CN1)CN(Cc1ncc(-c3cccc(-c4cccc(-c5cc(C)c(CN6CC7(CNC(=C)C7)C6)c(OC)n5)c4F)c3Cl)nc1OC)C2. The van der Waals surface area contributed by atoms with Crippen LogP contribution in [0.3, 0.4) is 0 Å². The first kappa shape index (κ1) is 33.6. The third-order valence-corrected chi connectivity index (χ3v) is 11.3. The standard InChI is InChI=1S/C40H43ClFN7O2/c1-24-12-32(46-37(50-4)31(24)16-48-20-39(21-48)13-25(2)44-18-39)30-11-7-9-28(36(30)42)27-8-6-10-29(35(27)41)33-15-43-34(38(47-33)51-5)17-49-22-40(23-49)14-26(3)45-19-40/h6-12,15,44-45H,2-3,13-14,16-23H2,1,4-5H3. The molecule has 4 aliphatic heterocycles. The van der Waals surface area contributed by atoms with E-state index in [2.05, 4.69) is 33.6 Å². The number of halogens is 2. The maximum Gasteiger partial charge on any atom is 0.237 e. The van der Waals surface area contributed by atoms with E-state index in [4.69, 9.17) is 36.0 Å². The molecular formula is C40H43ClFN7O2. The summed E-state index contributed by atoms with van der Waals surface area (Å²) in [5, 5.41) is 7.16. The van der Waals surface area contributed by atoms with Crippen LogP contribution in [0.2, 0.25) is 5.02 Å². The fraction of sp³-hybridized carbons (Fsp3) is 0.375. The van der Waals surface area contributed by atoms with E-state index >= 15 is 4.39 Å². The van der Waals surface area contributed by atoms with Gasteiger partial charge in [0.15, 0.2) is 0 Å². The molecule has 51 heavy (non-hydrogen) atoms. The minimum absolute atomic E-state index is 0.268. The van der Waals surface area contributed by atoms with Crippen molar-refractivity contribution in [2.45, 2.75) is 32.9 Å². The fourth-order valence-corrected chi connectivity index (χ4v) is 8.86. The van der Waals surface area contributed by atoms with Crippen LogP contribution in [0.25, 0.3) is 33.6 Å². The van der Waals surface area contributed by atoms with Gasteiger partial charge in [-0.15, -0.1) is 0 Å². The zero-order chi connectivity index (χ0) is 35.5. The van der Waals surface area contributed by atoms with Crippen LogP contribution >= 0.6 is 11.6 Å². The van der Waals surface area contributed by atoms with E-state index in [1.54, 1.807) is 32.5 Å². The molecule has 264 valence electrons. The Morgan fingerprint density at radius 1 is 0.804 bits per heavy atom. The number of likely N-dealkylation sites (tertiary alicyclic amines) is 2. The van der Waals surface area contributed by atoms with Crippen molar-refractivity contribution in [2.75, 3.05) is 53.5 Å². The van der Waals surface area contributed by atoms with Gasteiger partial charge in [0.25, 0.3) is 0 Å². The van der Waals surface area contributed by atoms with Crippen LogP contribution in [0.15, 0.2) is 73.2 Å². The number of aromatic nitrogens is 3. The van der Waals surface area contributed by atoms with Gasteiger partial charge < -0.3 is 20.1 Å². The molecule has 0 amide bonds. The molecule has 2 spiro atoms. The lowest BCUT2D eigenvalue weighted by Crippen LogP contribution is -2.56. The first-order valence-electron chi connectivity index (χ1n) is 17.4. The van der Waals surface area contributed by atoms with Gasteiger partial charge in [0.1, 0.15) is 11.5 Å². The van der Waals surface area contributed by atoms with Crippen LogP contribution in [-0.4, -0.2) is 78.2 Å². The monoisotopic (exact) mass is 707 g/mol. The molecule has 8 rings (SSSR count). The summed E-state index contributed by atoms with van der Waals surface area (Å²) >= 11 is 7.05. The number of benzene rings is 2. The van der Waals surface area contributed by atoms with Crippen molar-refractivity contribution >= 4 is 11.6 Å². The van der Waals surface area contributed by atoms with E-state index in [1.165, 1.54) is 0 Å². The number of pyridine rings is 1. The number of hydrogen-bond donors (Lipinski definition) is 2. The highest BCUT2D eigenvalue weighted by molar-refractivity contribution is 6.36. The van der Waals surface area contributed by atoms with E-state index in [9.17, 15) is 0 Å². The molecule has 6 heterocycles. The zero-order valence-corrected chi connectivity index (χ0v) is 30.2. The van der Waals surface area contributed by atoms with Gasteiger partial charge in [0.05, 0.1) is 36.8 Å².